The first kappa shape index (κ1) is 24.1. The molecule has 1 heterocycles. The zero-order chi connectivity index (χ0) is 23.5. The molecule has 0 unspecified atom stereocenters. The second kappa shape index (κ2) is 9.96. The fourth-order valence-electron chi connectivity index (χ4n) is 4.04. The summed E-state index contributed by atoms with van der Waals surface area (Å²) in [5.41, 5.74) is 2.30. The van der Waals surface area contributed by atoms with Crippen LogP contribution in [0.15, 0.2) is 53.4 Å². The summed E-state index contributed by atoms with van der Waals surface area (Å²) >= 11 is 0. The topological polar surface area (TPSA) is 74.8 Å². The van der Waals surface area contributed by atoms with E-state index in [9.17, 15) is 18.0 Å². The molecule has 0 radical (unpaired) electrons. The van der Waals surface area contributed by atoms with Gasteiger partial charge in [-0.15, -0.1) is 0 Å². The second-order valence-electron chi connectivity index (χ2n) is 9.04. The summed E-state index contributed by atoms with van der Waals surface area (Å²) < 4.78 is 25.9. The number of carbonyl (C=O) groups excluding carboxylic acids is 2. The number of hydrogen-bond donors (Lipinski definition) is 0. The Hall–Kier alpha value is -2.51. The van der Waals surface area contributed by atoms with Gasteiger partial charge in [0.15, 0.2) is 5.78 Å². The molecule has 0 atom stereocenters. The lowest BCUT2D eigenvalue weighted by Crippen LogP contribution is -2.40. The molecule has 0 N–H and O–H groups in total. The van der Waals surface area contributed by atoms with E-state index in [2.05, 4.69) is 13.8 Å². The fraction of sp³-hybridized carbons (Fsp3) is 0.440. The Bertz CT molecular complexity index is 1070. The second-order valence-corrected chi connectivity index (χ2v) is 11.2. The minimum absolute atomic E-state index is 0.0966. The van der Waals surface area contributed by atoms with Crippen molar-refractivity contribution >= 4 is 21.7 Å². The first-order valence-electron chi connectivity index (χ1n) is 11.0. The predicted octanol–water partition coefficient (Wildman–Crippen LogP) is 3.87. The number of amides is 1. The zero-order valence-electron chi connectivity index (χ0n) is 19.2. The van der Waals surface area contributed by atoms with E-state index in [-0.39, 0.29) is 22.5 Å². The summed E-state index contributed by atoms with van der Waals surface area (Å²) in [7, 11) is -0.683. The number of rotatable bonds is 7. The van der Waals surface area contributed by atoms with Crippen molar-refractivity contribution in [2.75, 3.05) is 27.2 Å². The van der Waals surface area contributed by atoms with Gasteiger partial charge >= 0.3 is 0 Å². The fourth-order valence-corrected chi connectivity index (χ4v) is 4.99. The molecule has 0 spiro atoms. The van der Waals surface area contributed by atoms with E-state index in [1.54, 1.807) is 17.0 Å². The third-order valence-corrected chi connectivity index (χ3v) is 7.71. The minimum Gasteiger partial charge on any atom is -0.339 e. The number of likely N-dealkylation sites (tertiary alicyclic amines) is 1. The van der Waals surface area contributed by atoms with Crippen LogP contribution < -0.4 is 0 Å². The molecule has 1 amide bonds. The summed E-state index contributed by atoms with van der Waals surface area (Å²) in [6.45, 7) is 5.30. The monoisotopic (exact) mass is 456 g/mol. The Morgan fingerprint density at radius 1 is 1.00 bits per heavy atom. The normalized spacial score (nSPS) is 15.4. The van der Waals surface area contributed by atoms with E-state index in [4.69, 9.17) is 0 Å². The van der Waals surface area contributed by atoms with Crippen molar-refractivity contribution in [1.82, 2.24) is 9.21 Å². The van der Waals surface area contributed by atoms with Gasteiger partial charge in [-0.25, -0.2) is 12.7 Å². The quantitative estimate of drug-likeness (QED) is 0.593. The van der Waals surface area contributed by atoms with Crippen LogP contribution in [0.4, 0.5) is 0 Å². The Labute approximate surface area is 191 Å². The summed E-state index contributed by atoms with van der Waals surface area (Å²) in [6.07, 6.45) is 2.20. The van der Waals surface area contributed by atoms with Crippen molar-refractivity contribution in [3.05, 3.63) is 65.2 Å². The van der Waals surface area contributed by atoms with Gasteiger partial charge in [0.2, 0.25) is 10.0 Å². The van der Waals surface area contributed by atoms with Crippen LogP contribution in [0.2, 0.25) is 0 Å². The van der Waals surface area contributed by atoms with Crippen LogP contribution in [0, 0.1) is 11.8 Å². The first-order chi connectivity index (χ1) is 15.1. The summed E-state index contributed by atoms with van der Waals surface area (Å²) in [5, 5.41) is 0. The molecule has 1 aliphatic heterocycles. The van der Waals surface area contributed by atoms with E-state index >= 15 is 0 Å². The lowest BCUT2D eigenvalue weighted by atomic mass is 9.88. The Morgan fingerprint density at radius 3 is 2.19 bits per heavy atom. The number of hydrogen-bond acceptors (Lipinski definition) is 4. The summed E-state index contributed by atoms with van der Waals surface area (Å²) in [4.78, 5) is 27.7. The molecular formula is C25H32N2O4S. The van der Waals surface area contributed by atoms with Crippen molar-refractivity contribution in [2.24, 2.45) is 11.8 Å². The lowest BCUT2D eigenvalue weighted by molar-refractivity contribution is 0.0650. The van der Waals surface area contributed by atoms with E-state index in [0.29, 0.717) is 37.4 Å². The van der Waals surface area contributed by atoms with Crippen molar-refractivity contribution in [3.8, 4) is 0 Å². The summed E-state index contributed by atoms with van der Waals surface area (Å²) in [5.74, 6) is 0.398. The highest BCUT2D eigenvalue weighted by atomic mass is 32.2. The molecular weight excluding hydrogens is 424 g/mol. The SMILES string of the molecule is CC(C)Cc1ccc(C(=O)C2CCN(C(=O)c3cccc(S(=O)(=O)N(C)C)c3)CC2)cc1. The molecule has 0 saturated carbocycles. The van der Waals surface area contributed by atoms with Gasteiger partial charge in [-0.2, -0.15) is 0 Å². The van der Waals surface area contributed by atoms with Crippen molar-refractivity contribution in [3.63, 3.8) is 0 Å². The highest BCUT2D eigenvalue weighted by Gasteiger charge is 2.29. The smallest absolute Gasteiger partial charge is 0.253 e. The van der Waals surface area contributed by atoms with Crippen molar-refractivity contribution in [1.29, 1.82) is 0 Å². The molecule has 3 rings (SSSR count). The van der Waals surface area contributed by atoms with Gasteiger partial charge in [0.05, 0.1) is 4.90 Å². The van der Waals surface area contributed by atoms with Crippen LogP contribution >= 0.6 is 0 Å². The number of carbonyl (C=O) groups is 2. The molecule has 2 aromatic rings. The van der Waals surface area contributed by atoms with Gasteiger partial charge < -0.3 is 4.90 Å². The highest BCUT2D eigenvalue weighted by Crippen LogP contribution is 2.24. The number of nitrogens with zero attached hydrogens (tertiary/aromatic N) is 2. The van der Waals surface area contributed by atoms with Gasteiger partial charge in [0, 0.05) is 44.2 Å². The van der Waals surface area contributed by atoms with Gasteiger partial charge in [0.25, 0.3) is 5.91 Å². The van der Waals surface area contributed by atoms with Crippen LogP contribution in [-0.4, -0.2) is 56.5 Å². The van der Waals surface area contributed by atoms with Crippen LogP contribution in [0.3, 0.4) is 0 Å². The molecule has 1 saturated heterocycles. The van der Waals surface area contributed by atoms with Gasteiger partial charge in [0.1, 0.15) is 0 Å². The largest absolute Gasteiger partial charge is 0.339 e. The molecule has 0 aliphatic carbocycles. The number of ketones is 1. The number of Topliss-reactive ketones (excluding diaryl/α,β-unsaturated/α-hetero) is 1. The van der Waals surface area contributed by atoms with Crippen LogP contribution in [0.5, 0.6) is 0 Å². The molecule has 6 nitrogen and oxygen atoms in total. The van der Waals surface area contributed by atoms with E-state index in [0.717, 1.165) is 16.3 Å². The van der Waals surface area contributed by atoms with E-state index in [1.807, 2.05) is 24.3 Å². The van der Waals surface area contributed by atoms with E-state index in [1.165, 1.54) is 31.8 Å². The maximum Gasteiger partial charge on any atom is 0.253 e. The number of piperidine rings is 1. The average Bonchev–Trinajstić information content (AvgIpc) is 2.78. The van der Waals surface area contributed by atoms with Crippen molar-refractivity contribution in [2.45, 2.75) is 38.0 Å². The minimum atomic E-state index is -3.61. The van der Waals surface area contributed by atoms with Crippen LogP contribution in [0.25, 0.3) is 0 Å². The van der Waals surface area contributed by atoms with Gasteiger partial charge in [-0.05, 0) is 48.9 Å². The molecule has 0 aromatic heterocycles. The molecule has 172 valence electrons. The maximum absolute atomic E-state index is 13.0. The number of sulfonamides is 1. The maximum atomic E-state index is 13.0. The number of benzene rings is 2. The van der Waals surface area contributed by atoms with Gasteiger partial charge in [-0.1, -0.05) is 44.2 Å². The van der Waals surface area contributed by atoms with Crippen molar-refractivity contribution < 1.29 is 18.0 Å². The third-order valence-electron chi connectivity index (χ3n) is 5.89. The summed E-state index contributed by atoms with van der Waals surface area (Å²) in [6, 6.07) is 14.0. The standard InChI is InChI=1S/C25H32N2O4S/c1-18(2)16-19-8-10-20(11-9-19)24(28)21-12-14-27(15-13-21)25(29)22-6-5-7-23(17-22)32(30,31)26(3)4/h5-11,17-18,21H,12-16H2,1-4H3. The predicted molar refractivity (Wildman–Crippen MR) is 125 cm³/mol. The van der Waals surface area contributed by atoms with Crippen LogP contribution in [0.1, 0.15) is 53.0 Å². The zero-order valence-corrected chi connectivity index (χ0v) is 20.1. The van der Waals surface area contributed by atoms with Crippen LogP contribution in [-0.2, 0) is 16.4 Å². The average molecular weight is 457 g/mol. The highest BCUT2D eigenvalue weighted by molar-refractivity contribution is 7.89. The molecule has 1 fully saturated rings. The molecule has 1 aliphatic rings. The Morgan fingerprint density at radius 2 is 1.62 bits per heavy atom. The molecule has 2 aromatic carbocycles. The van der Waals surface area contributed by atoms with Gasteiger partial charge in [-0.3, -0.25) is 9.59 Å². The Kier molecular flexibility index (Phi) is 7.51. The lowest BCUT2D eigenvalue weighted by Gasteiger charge is -2.31. The third kappa shape index (κ3) is 5.45. The van der Waals surface area contributed by atoms with E-state index < -0.39 is 10.0 Å². The Balaban J connectivity index is 1.63. The molecule has 0 bridgehead atoms. The first-order valence-corrected chi connectivity index (χ1v) is 12.5. The molecule has 7 heteroatoms. The molecule has 32 heavy (non-hydrogen) atoms.